The second kappa shape index (κ2) is 9.53. The van der Waals surface area contributed by atoms with E-state index in [-0.39, 0.29) is 11.7 Å². The molecule has 0 bridgehead atoms. The van der Waals surface area contributed by atoms with Crippen LogP contribution in [0.5, 0.6) is 11.6 Å². The van der Waals surface area contributed by atoms with E-state index < -0.39 is 0 Å². The summed E-state index contributed by atoms with van der Waals surface area (Å²) in [6, 6.07) is 11.5. The average Bonchev–Trinajstić information content (AvgIpc) is 2.62. The fourth-order valence-corrected chi connectivity index (χ4v) is 2.66. The normalized spacial score (nSPS) is 11.9. The molecule has 1 aromatic carbocycles. The molecule has 2 rings (SSSR count). The highest BCUT2D eigenvalue weighted by molar-refractivity contribution is 5.76. The number of hydrogen-bond donors (Lipinski definition) is 0. The predicted molar refractivity (Wildman–Crippen MR) is 103 cm³/mol. The summed E-state index contributed by atoms with van der Waals surface area (Å²) in [6.07, 6.45) is 8.17. The maximum Gasteiger partial charge on any atom is 0.219 e. The number of aromatic nitrogens is 1. The second-order valence-electron chi connectivity index (χ2n) is 6.47. The van der Waals surface area contributed by atoms with Crippen LogP contribution in [0.4, 0.5) is 0 Å². The SMILES string of the molecule is CCCc1ccc(Oc2ccc(/C=C/[C@H](C)CC(C)=O)cn2)c(C#N)c1. The monoisotopic (exact) mass is 348 g/mol. The van der Waals surface area contributed by atoms with Crippen molar-refractivity contribution in [3.05, 3.63) is 59.3 Å². The van der Waals surface area contributed by atoms with Crippen LogP contribution in [0.2, 0.25) is 0 Å². The Hall–Kier alpha value is -2.93. The quantitative estimate of drug-likeness (QED) is 0.647. The number of pyridine rings is 1. The van der Waals surface area contributed by atoms with Gasteiger partial charge in [0.05, 0.1) is 5.56 Å². The maximum atomic E-state index is 11.1. The maximum absolute atomic E-state index is 11.1. The smallest absolute Gasteiger partial charge is 0.219 e. The van der Waals surface area contributed by atoms with Crippen LogP contribution in [-0.4, -0.2) is 10.8 Å². The molecule has 0 spiro atoms. The van der Waals surface area contributed by atoms with Gasteiger partial charge in [-0.1, -0.05) is 38.5 Å². The van der Waals surface area contributed by atoms with E-state index in [1.165, 1.54) is 0 Å². The molecule has 26 heavy (non-hydrogen) atoms. The fraction of sp³-hybridized carbons (Fsp3) is 0.318. The number of rotatable bonds is 8. The van der Waals surface area contributed by atoms with Crippen molar-refractivity contribution in [3.8, 4) is 17.7 Å². The van der Waals surface area contributed by atoms with E-state index in [4.69, 9.17) is 4.74 Å². The van der Waals surface area contributed by atoms with E-state index in [1.54, 1.807) is 19.2 Å². The summed E-state index contributed by atoms with van der Waals surface area (Å²) >= 11 is 0. The lowest BCUT2D eigenvalue weighted by Crippen LogP contribution is -1.97. The number of aryl methyl sites for hydroxylation is 1. The molecule has 4 nitrogen and oxygen atoms in total. The molecule has 0 aliphatic heterocycles. The molecule has 2 aromatic rings. The Morgan fingerprint density at radius 2 is 2.15 bits per heavy atom. The minimum absolute atomic E-state index is 0.183. The number of allylic oxidation sites excluding steroid dienone is 1. The number of carbonyl (C=O) groups excluding carboxylic acids is 1. The lowest BCUT2D eigenvalue weighted by molar-refractivity contribution is -0.117. The van der Waals surface area contributed by atoms with E-state index in [0.29, 0.717) is 23.6 Å². The first kappa shape index (κ1) is 19.4. The van der Waals surface area contributed by atoms with Gasteiger partial charge < -0.3 is 9.53 Å². The Labute approximate surface area is 155 Å². The predicted octanol–water partition coefficient (Wildman–Crippen LogP) is 5.33. The van der Waals surface area contributed by atoms with Crippen LogP contribution in [0.3, 0.4) is 0 Å². The summed E-state index contributed by atoms with van der Waals surface area (Å²) in [5.74, 6) is 1.34. The van der Waals surface area contributed by atoms with Crippen LogP contribution in [0.1, 0.15) is 50.3 Å². The highest BCUT2D eigenvalue weighted by Crippen LogP contribution is 2.25. The lowest BCUT2D eigenvalue weighted by atomic mass is 10.0. The summed E-state index contributed by atoms with van der Waals surface area (Å²) in [5.41, 5.74) is 2.58. The van der Waals surface area contributed by atoms with Gasteiger partial charge in [-0.2, -0.15) is 5.26 Å². The van der Waals surface area contributed by atoms with Crippen molar-refractivity contribution in [2.75, 3.05) is 0 Å². The molecule has 4 heteroatoms. The molecule has 0 radical (unpaired) electrons. The van der Waals surface area contributed by atoms with E-state index >= 15 is 0 Å². The summed E-state index contributed by atoms with van der Waals surface area (Å²) in [5, 5.41) is 9.33. The largest absolute Gasteiger partial charge is 0.438 e. The summed E-state index contributed by atoms with van der Waals surface area (Å²) in [6.45, 7) is 5.72. The van der Waals surface area contributed by atoms with Gasteiger partial charge in [-0.3, -0.25) is 0 Å². The fourth-order valence-electron chi connectivity index (χ4n) is 2.66. The van der Waals surface area contributed by atoms with Crippen LogP contribution in [0, 0.1) is 17.2 Å². The van der Waals surface area contributed by atoms with Crippen molar-refractivity contribution < 1.29 is 9.53 Å². The molecule has 0 saturated carbocycles. The van der Waals surface area contributed by atoms with E-state index in [0.717, 1.165) is 24.0 Å². The van der Waals surface area contributed by atoms with E-state index in [2.05, 4.69) is 18.0 Å². The Kier molecular flexibility index (Phi) is 7.11. The summed E-state index contributed by atoms with van der Waals surface area (Å²) in [7, 11) is 0. The number of hydrogen-bond acceptors (Lipinski definition) is 4. The Morgan fingerprint density at radius 1 is 1.35 bits per heavy atom. The zero-order valence-electron chi connectivity index (χ0n) is 15.5. The van der Waals surface area contributed by atoms with Gasteiger partial charge in [0.25, 0.3) is 0 Å². The highest BCUT2D eigenvalue weighted by Gasteiger charge is 2.07. The number of nitriles is 1. The van der Waals surface area contributed by atoms with Gasteiger partial charge >= 0.3 is 0 Å². The third kappa shape index (κ3) is 5.86. The topological polar surface area (TPSA) is 63.0 Å². The molecule has 134 valence electrons. The van der Waals surface area contributed by atoms with Crippen LogP contribution in [0.15, 0.2) is 42.6 Å². The molecule has 0 N–H and O–H groups in total. The van der Waals surface area contributed by atoms with Gasteiger partial charge in [-0.25, -0.2) is 4.98 Å². The Bertz CT molecular complexity index is 817. The average molecular weight is 348 g/mol. The number of Topliss-reactive ketones (excluding diaryl/α,β-unsaturated/α-hetero) is 1. The third-order valence-corrected chi connectivity index (χ3v) is 3.90. The van der Waals surface area contributed by atoms with E-state index in [1.807, 2.05) is 43.3 Å². The number of ether oxygens (including phenoxy) is 1. The molecule has 0 aliphatic rings. The van der Waals surface area contributed by atoms with Crippen LogP contribution in [0.25, 0.3) is 6.08 Å². The minimum Gasteiger partial charge on any atom is -0.438 e. The first-order valence-electron chi connectivity index (χ1n) is 8.86. The zero-order valence-corrected chi connectivity index (χ0v) is 15.5. The third-order valence-electron chi connectivity index (χ3n) is 3.90. The van der Waals surface area contributed by atoms with Crippen molar-refractivity contribution in [2.24, 2.45) is 5.92 Å². The highest BCUT2D eigenvalue weighted by atomic mass is 16.5. The van der Waals surface area contributed by atoms with Gasteiger partial charge in [0.1, 0.15) is 17.6 Å². The van der Waals surface area contributed by atoms with Crippen LogP contribution >= 0.6 is 0 Å². The van der Waals surface area contributed by atoms with Gasteiger partial charge in [-0.05, 0) is 48.6 Å². The van der Waals surface area contributed by atoms with Gasteiger partial charge in [0.15, 0.2) is 0 Å². The molecular weight excluding hydrogens is 324 g/mol. The molecule has 0 saturated heterocycles. The molecule has 1 aromatic heterocycles. The number of carbonyl (C=O) groups is 1. The Morgan fingerprint density at radius 3 is 2.77 bits per heavy atom. The number of ketones is 1. The number of nitrogens with zero attached hydrogens (tertiary/aromatic N) is 2. The molecule has 1 heterocycles. The van der Waals surface area contributed by atoms with Gasteiger partial charge in [-0.15, -0.1) is 0 Å². The van der Waals surface area contributed by atoms with Gasteiger partial charge in [0, 0.05) is 18.7 Å². The second-order valence-corrected chi connectivity index (χ2v) is 6.47. The molecule has 0 fully saturated rings. The number of benzene rings is 1. The van der Waals surface area contributed by atoms with E-state index in [9.17, 15) is 10.1 Å². The van der Waals surface area contributed by atoms with Gasteiger partial charge in [0.2, 0.25) is 5.88 Å². The first-order chi connectivity index (χ1) is 12.5. The Balaban J connectivity index is 2.06. The molecule has 0 unspecified atom stereocenters. The van der Waals surface area contributed by atoms with Crippen molar-refractivity contribution in [3.63, 3.8) is 0 Å². The first-order valence-corrected chi connectivity index (χ1v) is 8.86. The standard InChI is InChI=1S/C22H24N2O2/c1-4-5-18-8-10-21(20(13-18)14-23)26-22-11-9-19(15-24-22)7-6-16(2)12-17(3)25/h6-11,13,15-16H,4-5,12H2,1-3H3/b7-6+/t16-/m0/s1. The van der Waals surface area contributed by atoms with Crippen LogP contribution in [-0.2, 0) is 11.2 Å². The minimum atomic E-state index is 0.183. The summed E-state index contributed by atoms with van der Waals surface area (Å²) < 4.78 is 5.76. The van der Waals surface area contributed by atoms with Crippen LogP contribution < -0.4 is 4.74 Å². The van der Waals surface area contributed by atoms with Crippen molar-refractivity contribution >= 4 is 11.9 Å². The molecular formula is C22H24N2O2. The van der Waals surface area contributed by atoms with Crippen molar-refractivity contribution in [1.82, 2.24) is 4.98 Å². The zero-order chi connectivity index (χ0) is 18.9. The lowest BCUT2D eigenvalue weighted by Gasteiger charge is -2.08. The molecule has 0 amide bonds. The summed E-state index contributed by atoms with van der Waals surface area (Å²) in [4.78, 5) is 15.4. The molecule has 0 aliphatic carbocycles. The molecule has 1 atom stereocenters. The van der Waals surface area contributed by atoms with Crippen molar-refractivity contribution in [1.29, 1.82) is 5.26 Å². The van der Waals surface area contributed by atoms with Crippen molar-refractivity contribution in [2.45, 2.75) is 40.0 Å².